The van der Waals surface area contributed by atoms with Gasteiger partial charge in [-0.15, -0.1) is 0 Å². The monoisotopic (exact) mass is 550 g/mol. The number of hydrogen-bond donors (Lipinski definition) is 2. The standard InChI is InChI=1S/C26H24F2N8O4/c27-26(28)40-20-12-18-21(39-10-6-29-18)11-16(20)23-19(14-35(33-23)15-22(37)34-7-2-1-3-8-34)32-25(38)17-13-31-36-9-4-5-30-24(17)36/h1-2,4-5,9,11-14,26,29H,3,6-8,10,15H2,(H,32,38). The van der Waals surface area contributed by atoms with Gasteiger partial charge in [-0.05, 0) is 18.6 Å². The quantitative estimate of drug-likeness (QED) is 0.336. The zero-order chi connectivity index (χ0) is 27.6. The summed E-state index contributed by atoms with van der Waals surface area (Å²) in [6.07, 6.45) is 10.7. The molecule has 0 unspecified atom stereocenters. The molecule has 2 aliphatic heterocycles. The van der Waals surface area contributed by atoms with Crippen LogP contribution in [-0.2, 0) is 11.3 Å². The lowest BCUT2D eigenvalue weighted by molar-refractivity contribution is -0.131. The normalized spacial score (nSPS) is 14.5. The Labute approximate surface area is 226 Å². The number of nitrogens with zero attached hydrogens (tertiary/aromatic N) is 6. The lowest BCUT2D eigenvalue weighted by Crippen LogP contribution is -2.36. The molecule has 0 spiro atoms. The second-order valence-electron chi connectivity index (χ2n) is 9.09. The molecule has 14 heteroatoms. The molecule has 2 N–H and O–H groups in total. The van der Waals surface area contributed by atoms with Gasteiger partial charge in [-0.25, -0.2) is 9.50 Å². The fourth-order valence-electron chi connectivity index (χ4n) is 4.62. The van der Waals surface area contributed by atoms with Crippen LogP contribution >= 0.6 is 0 Å². The molecule has 206 valence electrons. The number of nitrogens with one attached hydrogen (secondary N) is 2. The number of carbonyl (C=O) groups is 2. The highest BCUT2D eigenvalue weighted by Crippen LogP contribution is 2.42. The van der Waals surface area contributed by atoms with E-state index in [1.165, 1.54) is 39.9 Å². The molecule has 0 saturated heterocycles. The van der Waals surface area contributed by atoms with Crippen molar-refractivity contribution < 1.29 is 27.8 Å². The first-order valence-corrected chi connectivity index (χ1v) is 12.6. The molecule has 12 nitrogen and oxygen atoms in total. The van der Waals surface area contributed by atoms with Crippen molar-refractivity contribution in [2.45, 2.75) is 19.6 Å². The molecule has 5 heterocycles. The molecule has 0 fully saturated rings. The van der Waals surface area contributed by atoms with Crippen LogP contribution in [0.4, 0.5) is 20.2 Å². The lowest BCUT2D eigenvalue weighted by atomic mass is 10.1. The van der Waals surface area contributed by atoms with Gasteiger partial charge in [-0.2, -0.15) is 19.0 Å². The Balaban J connectivity index is 1.40. The van der Waals surface area contributed by atoms with Crippen molar-refractivity contribution in [1.29, 1.82) is 0 Å². The summed E-state index contributed by atoms with van der Waals surface area (Å²) in [6, 6.07) is 4.60. The van der Waals surface area contributed by atoms with Crippen LogP contribution < -0.4 is 20.1 Å². The molecule has 4 aromatic rings. The van der Waals surface area contributed by atoms with E-state index in [1.807, 2.05) is 12.2 Å². The Morgan fingerprint density at radius 3 is 2.98 bits per heavy atom. The predicted molar refractivity (Wildman–Crippen MR) is 140 cm³/mol. The third-order valence-electron chi connectivity index (χ3n) is 6.47. The molecule has 6 rings (SSSR count). The van der Waals surface area contributed by atoms with Crippen molar-refractivity contribution in [2.24, 2.45) is 0 Å². The van der Waals surface area contributed by atoms with E-state index in [1.54, 1.807) is 17.2 Å². The Kier molecular flexibility index (Phi) is 6.72. The fourth-order valence-corrected chi connectivity index (χ4v) is 4.62. The zero-order valence-corrected chi connectivity index (χ0v) is 21.1. The van der Waals surface area contributed by atoms with Gasteiger partial charge in [0.25, 0.3) is 5.91 Å². The minimum absolute atomic E-state index is 0.122. The van der Waals surface area contributed by atoms with Crippen molar-refractivity contribution >= 4 is 28.8 Å². The number of amides is 2. The van der Waals surface area contributed by atoms with E-state index in [0.29, 0.717) is 43.3 Å². The first kappa shape index (κ1) is 25.3. The highest BCUT2D eigenvalue weighted by atomic mass is 19.3. The lowest BCUT2D eigenvalue weighted by Gasteiger charge is -2.23. The van der Waals surface area contributed by atoms with Gasteiger partial charge in [0.1, 0.15) is 35.9 Å². The number of fused-ring (bicyclic) bond motifs is 2. The van der Waals surface area contributed by atoms with Crippen molar-refractivity contribution in [3.8, 4) is 22.8 Å². The van der Waals surface area contributed by atoms with Crippen LogP contribution in [0.1, 0.15) is 16.8 Å². The second-order valence-corrected chi connectivity index (χ2v) is 9.09. The van der Waals surface area contributed by atoms with E-state index in [2.05, 4.69) is 25.8 Å². The molecule has 2 aliphatic rings. The maximum atomic E-state index is 13.4. The number of alkyl halides is 2. The van der Waals surface area contributed by atoms with Crippen molar-refractivity contribution in [3.05, 3.63) is 60.7 Å². The Morgan fingerprint density at radius 1 is 1.25 bits per heavy atom. The van der Waals surface area contributed by atoms with Crippen molar-refractivity contribution in [1.82, 2.24) is 29.3 Å². The molecule has 0 radical (unpaired) electrons. The number of halogens is 2. The first-order chi connectivity index (χ1) is 19.5. The predicted octanol–water partition coefficient (Wildman–Crippen LogP) is 3.04. The summed E-state index contributed by atoms with van der Waals surface area (Å²) in [5.74, 6) is -0.477. The number of benzene rings is 1. The summed E-state index contributed by atoms with van der Waals surface area (Å²) in [5.41, 5.74) is 1.46. The van der Waals surface area contributed by atoms with Gasteiger partial charge < -0.3 is 25.0 Å². The maximum Gasteiger partial charge on any atom is 0.387 e. The van der Waals surface area contributed by atoms with Gasteiger partial charge in [0.15, 0.2) is 5.65 Å². The van der Waals surface area contributed by atoms with Crippen LogP contribution in [0.15, 0.2) is 55.1 Å². The molecular weight excluding hydrogens is 526 g/mol. The van der Waals surface area contributed by atoms with E-state index in [4.69, 9.17) is 9.47 Å². The largest absolute Gasteiger partial charge is 0.490 e. The van der Waals surface area contributed by atoms with Crippen LogP contribution in [0, 0.1) is 0 Å². The summed E-state index contributed by atoms with van der Waals surface area (Å²) in [5, 5.41) is 14.5. The number of rotatable bonds is 7. The van der Waals surface area contributed by atoms with Gasteiger partial charge in [-0.1, -0.05) is 12.2 Å². The van der Waals surface area contributed by atoms with Gasteiger partial charge in [-0.3, -0.25) is 14.3 Å². The SMILES string of the molecule is O=C(Nc1cn(CC(=O)N2CC=CCC2)nc1-c1cc2c(cc1OC(F)F)NCCO2)c1cnn2cccnc12. The molecule has 0 bridgehead atoms. The minimum Gasteiger partial charge on any atom is -0.490 e. The van der Waals surface area contributed by atoms with Crippen LogP contribution in [0.2, 0.25) is 0 Å². The average molecular weight is 551 g/mol. The van der Waals surface area contributed by atoms with Crippen LogP contribution in [0.3, 0.4) is 0 Å². The third-order valence-corrected chi connectivity index (χ3v) is 6.47. The Bertz CT molecular complexity index is 1620. The minimum atomic E-state index is -3.11. The summed E-state index contributed by atoms with van der Waals surface area (Å²) < 4.78 is 40.2. The third kappa shape index (κ3) is 5.02. The van der Waals surface area contributed by atoms with Crippen molar-refractivity contribution in [2.75, 3.05) is 36.9 Å². The van der Waals surface area contributed by atoms with Crippen LogP contribution in [0.5, 0.6) is 11.5 Å². The van der Waals surface area contributed by atoms with E-state index in [0.717, 1.165) is 6.42 Å². The van der Waals surface area contributed by atoms with Crippen LogP contribution in [0.25, 0.3) is 16.9 Å². The summed E-state index contributed by atoms with van der Waals surface area (Å²) in [4.78, 5) is 32.2. The highest BCUT2D eigenvalue weighted by molar-refractivity contribution is 6.09. The summed E-state index contributed by atoms with van der Waals surface area (Å²) >= 11 is 0. The smallest absolute Gasteiger partial charge is 0.387 e. The van der Waals surface area contributed by atoms with Gasteiger partial charge in [0.05, 0.1) is 23.1 Å². The molecule has 0 saturated carbocycles. The Morgan fingerprint density at radius 2 is 2.15 bits per heavy atom. The molecular formula is C26H24F2N8O4. The number of ether oxygens (including phenoxy) is 2. The Hall–Kier alpha value is -5.01. The second kappa shape index (κ2) is 10.6. The first-order valence-electron chi connectivity index (χ1n) is 12.6. The molecule has 2 amide bonds. The van der Waals surface area contributed by atoms with E-state index < -0.39 is 12.5 Å². The molecule has 40 heavy (non-hydrogen) atoms. The zero-order valence-electron chi connectivity index (χ0n) is 21.1. The molecule has 1 aromatic carbocycles. The van der Waals surface area contributed by atoms with Gasteiger partial charge >= 0.3 is 6.61 Å². The van der Waals surface area contributed by atoms with E-state index in [-0.39, 0.29) is 40.7 Å². The fraction of sp³-hybridized carbons (Fsp3) is 0.269. The molecule has 0 atom stereocenters. The summed E-state index contributed by atoms with van der Waals surface area (Å²) in [7, 11) is 0. The van der Waals surface area contributed by atoms with E-state index in [9.17, 15) is 18.4 Å². The van der Waals surface area contributed by atoms with Crippen molar-refractivity contribution in [3.63, 3.8) is 0 Å². The number of carbonyl (C=O) groups excluding carboxylic acids is 2. The molecule has 0 aliphatic carbocycles. The van der Waals surface area contributed by atoms with E-state index >= 15 is 0 Å². The van der Waals surface area contributed by atoms with Crippen LogP contribution in [-0.4, -0.2) is 73.9 Å². The summed E-state index contributed by atoms with van der Waals surface area (Å²) in [6.45, 7) is -1.29. The van der Waals surface area contributed by atoms with Gasteiger partial charge in [0.2, 0.25) is 5.91 Å². The number of hydrogen-bond acceptors (Lipinski definition) is 8. The molecule has 3 aromatic heterocycles. The average Bonchev–Trinajstić information content (AvgIpc) is 3.57. The topological polar surface area (TPSA) is 128 Å². The number of aromatic nitrogens is 5. The number of anilines is 2. The highest BCUT2D eigenvalue weighted by Gasteiger charge is 2.25. The maximum absolute atomic E-state index is 13.4. The van der Waals surface area contributed by atoms with Gasteiger partial charge in [0, 0.05) is 44.3 Å².